The van der Waals surface area contributed by atoms with E-state index in [9.17, 15) is 8.42 Å². The smallest absolute Gasteiger partial charge is 0.247 e. The van der Waals surface area contributed by atoms with Crippen molar-refractivity contribution in [1.29, 1.82) is 0 Å². The summed E-state index contributed by atoms with van der Waals surface area (Å²) in [5, 5.41) is 0. The first-order chi connectivity index (χ1) is 12.1. The van der Waals surface area contributed by atoms with Crippen LogP contribution in [0.3, 0.4) is 0 Å². The van der Waals surface area contributed by atoms with Crippen molar-refractivity contribution in [3.8, 4) is 5.75 Å². The second kappa shape index (κ2) is 8.75. The van der Waals surface area contributed by atoms with Gasteiger partial charge in [-0.15, -0.1) is 0 Å². The minimum absolute atomic E-state index is 0.0283. The molecule has 7 heteroatoms. The molecule has 0 radical (unpaired) electrons. The van der Waals surface area contributed by atoms with Crippen molar-refractivity contribution in [3.05, 3.63) is 24.3 Å². The molecule has 0 aliphatic carbocycles. The number of hydrogen-bond donors (Lipinski definition) is 0. The Bertz CT molecular complexity index is 660. The first-order valence-corrected chi connectivity index (χ1v) is 11.7. The number of piperidine rings is 1. The zero-order valence-corrected chi connectivity index (χ0v) is 16.5. The highest BCUT2D eigenvalue weighted by molar-refractivity contribution is 7.99. The van der Waals surface area contributed by atoms with Crippen LogP contribution in [0.1, 0.15) is 25.7 Å². The highest BCUT2D eigenvalue weighted by Gasteiger charge is 2.35. The maximum Gasteiger partial charge on any atom is 0.247 e. The normalized spacial score (nSPS) is 24.0. The van der Waals surface area contributed by atoms with Crippen LogP contribution in [-0.4, -0.2) is 68.5 Å². The van der Waals surface area contributed by atoms with Gasteiger partial charge in [0.2, 0.25) is 10.0 Å². The third kappa shape index (κ3) is 4.51. The van der Waals surface area contributed by atoms with E-state index in [-0.39, 0.29) is 10.9 Å². The lowest BCUT2D eigenvalue weighted by Crippen LogP contribution is -2.49. The summed E-state index contributed by atoms with van der Waals surface area (Å²) in [4.78, 5) is 2.72. The molecule has 0 saturated carbocycles. The summed E-state index contributed by atoms with van der Waals surface area (Å²) in [5.74, 6) is 2.32. The van der Waals surface area contributed by atoms with Gasteiger partial charge >= 0.3 is 0 Å². The van der Waals surface area contributed by atoms with Crippen LogP contribution >= 0.6 is 11.8 Å². The van der Waals surface area contributed by atoms with E-state index in [4.69, 9.17) is 4.74 Å². The molecule has 0 aromatic heterocycles. The Labute approximate surface area is 155 Å². The Morgan fingerprint density at radius 3 is 2.64 bits per heavy atom. The van der Waals surface area contributed by atoms with Crippen LogP contribution in [0.25, 0.3) is 0 Å². The van der Waals surface area contributed by atoms with Crippen LogP contribution in [0.2, 0.25) is 0 Å². The Morgan fingerprint density at radius 2 is 1.88 bits per heavy atom. The molecule has 0 amide bonds. The van der Waals surface area contributed by atoms with Gasteiger partial charge in [0.1, 0.15) is 10.6 Å². The standard InChI is InChI=1S/C18H28N2O3S2/c1-23-17-8-3-4-9-18(17)25(21,22)20-12-7-13-24-15-16(20)14-19-10-5-2-6-11-19/h3-4,8-9,16H,2,5-7,10-15H2,1H3. The molecular weight excluding hydrogens is 356 g/mol. The average molecular weight is 385 g/mol. The molecular formula is C18H28N2O3S2. The number of nitrogens with zero attached hydrogens (tertiary/aromatic N) is 2. The van der Waals surface area contributed by atoms with Gasteiger partial charge in [0.25, 0.3) is 0 Å². The third-order valence-electron chi connectivity index (χ3n) is 4.96. The molecule has 1 aromatic rings. The molecule has 2 fully saturated rings. The SMILES string of the molecule is COc1ccccc1S(=O)(=O)N1CCCSCC1CN1CCCCC1. The van der Waals surface area contributed by atoms with E-state index in [0.717, 1.165) is 37.6 Å². The lowest BCUT2D eigenvalue weighted by molar-refractivity contribution is 0.183. The summed E-state index contributed by atoms with van der Waals surface area (Å²) in [6.45, 7) is 3.60. The van der Waals surface area contributed by atoms with Gasteiger partial charge in [-0.2, -0.15) is 16.1 Å². The van der Waals surface area contributed by atoms with Crippen LogP contribution in [0, 0.1) is 0 Å². The fraction of sp³-hybridized carbons (Fsp3) is 0.667. The molecule has 2 aliphatic heterocycles. The molecule has 140 valence electrons. The van der Waals surface area contributed by atoms with Gasteiger partial charge in [0, 0.05) is 24.9 Å². The van der Waals surface area contributed by atoms with Gasteiger partial charge in [-0.25, -0.2) is 8.42 Å². The quantitative estimate of drug-likeness (QED) is 0.781. The number of thioether (sulfide) groups is 1. The van der Waals surface area contributed by atoms with E-state index < -0.39 is 10.0 Å². The predicted molar refractivity (Wildman–Crippen MR) is 103 cm³/mol. The minimum atomic E-state index is -3.56. The molecule has 3 rings (SSSR count). The largest absolute Gasteiger partial charge is 0.495 e. The molecule has 2 saturated heterocycles. The Balaban J connectivity index is 1.86. The summed E-state index contributed by atoms with van der Waals surface area (Å²) in [6.07, 6.45) is 4.63. The predicted octanol–water partition coefficient (Wildman–Crippen LogP) is 2.68. The van der Waals surface area contributed by atoms with Gasteiger partial charge in [0.15, 0.2) is 0 Å². The molecule has 2 aliphatic rings. The second-order valence-corrected chi connectivity index (χ2v) is 9.72. The fourth-order valence-electron chi connectivity index (χ4n) is 3.67. The van der Waals surface area contributed by atoms with Gasteiger partial charge in [-0.05, 0) is 50.2 Å². The maximum absolute atomic E-state index is 13.4. The van der Waals surface area contributed by atoms with Crippen LogP contribution in [0.5, 0.6) is 5.75 Å². The van der Waals surface area contributed by atoms with E-state index >= 15 is 0 Å². The molecule has 0 N–H and O–H groups in total. The van der Waals surface area contributed by atoms with Crippen molar-refractivity contribution in [2.75, 3.05) is 44.8 Å². The molecule has 5 nitrogen and oxygen atoms in total. The zero-order chi connectivity index (χ0) is 17.7. The summed E-state index contributed by atoms with van der Waals surface area (Å²) >= 11 is 1.87. The Hall–Kier alpha value is -0.760. The number of ether oxygens (including phenoxy) is 1. The van der Waals surface area contributed by atoms with Crippen LogP contribution < -0.4 is 4.74 Å². The van der Waals surface area contributed by atoms with Crippen molar-refractivity contribution < 1.29 is 13.2 Å². The van der Waals surface area contributed by atoms with Gasteiger partial charge < -0.3 is 9.64 Å². The van der Waals surface area contributed by atoms with E-state index in [2.05, 4.69) is 4.90 Å². The minimum Gasteiger partial charge on any atom is -0.495 e. The topological polar surface area (TPSA) is 49.9 Å². The Morgan fingerprint density at radius 1 is 1.12 bits per heavy atom. The average Bonchev–Trinajstić information content (AvgIpc) is 2.88. The molecule has 2 heterocycles. The number of sulfonamides is 1. The highest BCUT2D eigenvalue weighted by Crippen LogP contribution is 2.30. The van der Waals surface area contributed by atoms with Crippen molar-refractivity contribution in [3.63, 3.8) is 0 Å². The summed E-state index contributed by atoms with van der Waals surface area (Å²) in [5.41, 5.74) is 0. The third-order valence-corrected chi connectivity index (χ3v) is 8.15. The zero-order valence-electron chi connectivity index (χ0n) is 14.9. The van der Waals surface area contributed by atoms with Crippen LogP contribution in [-0.2, 0) is 10.0 Å². The van der Waals surface area contributed by atoms with Crippen LogP contribution in [0.15, 0.2) is 29.2 Å². The molecule has 1 atom stereocenters. The molecule has 0 bridgehead atoms. The van der Waals surface area contributed by atoms with Gasteiger partial charge in [-0.3, -0.25) is 0 Å². The molecule has 1 unspecified atom stereocenters. The highest BCUT2D eigenvalue weighted by atomic mass is 32.2. The molecule has 25 heavy (non-hydrogen) atoms. The first kappa shape index (κ1) is 19.0. The van der Waals surface area contributed by atoms with E-state index in [1.165, 1.54) is 26.4 Å². The molecule has 1 aromatic carbocycles. The number of methoxy groups -OCH3 is 1. The van der Waals surface area contributed by atoms with Crippen molar-refractivity contribution in [2.45, 2.75) is 36.6 Å². The summed E-state index contributed by atoms with van der Waals surface area (Å²) in [6, 6.07) is 6.98. The van der Waals surface area contributed by atoms with Gasteiger partial charge in [0.05, 0.1) is 7.11 Å². The second-order valence-electron chi connectivity index (χ2n) is 6.71. The first-order valence-electron chi connectivity index (χ1n) is 9.08. The lowest BCUT2D eigenvalue weighted by Gasteiger charge is -2.35. The number of likely N-dealkylation sites (tertiary alicyclic amines) is 1. The summed E-state index contributed by atoms with van der Waals surface area (Å²) < 4.78 is 33.8. The maximum atomic E-state index is 13.4. The lowest BCUT2D eigenvalue weighted by atomic mass is 10.1. The van der Waals surface area contributed by atoms with E-state index in [1.54, 1.807) is 28.6 Å². The van der Waals surface area contributed by atoms with Gasteiger partial charge in [-0.1, -0.05) is 18.6 Å². The van der Waals surface area contributed by atoms with Crippen molar-refractivity contribution in [2.24, 2.45) is 0 Å². The number of benzene rings is 1. The number of para-hydroxylation sites is 1. The van der Waals surface area contributed by atoms with E-state index in [1.807, 2.05) is 11.8 Å². The number of rotatable bonds is 5. The Kier molecular flexibility index (Phi) is 6.66. The fourth-order valence-corrected chi connectivity index (χ4v) is 6.63. The summed E-state index contributed by atoms with van der Waals surface area (Å²) in [7, 11) is -2.03. The van der Waals surface area contributed by atoms with Crippen molar-refractivity contribution >= 4 is 21.8 Å². The van der Waals surface area contributed by atoms with Crippen LogP contribution in [0.4, 0.5) is 0 Å². The number of hydrogen-bond acceptors (Lipinski definition) is 5. The molecule has 0 spiro atoms. The van der Waals surface area contributed by atoms with Crippen molar-refractivity contribution in [1.82, 2.24) is 9.21 Å². The van der Waals surface area contributed by atoms with E-state index in [0.29, 0.717) is 12.3 Å². The monoisotopic (exact) mass is 384 g/mol.